The molecule has 0 bridgehead atoms. The van der Waals surface area contributed by atoms with E-state index in [1.54, 1.807) is 18.2 Å². The van der Waals surface area contributed by atoms with E-state index < -0.39 is 5.91 Å². The lowest BCUT2D eigenvalue weighted by Crippen LogP contribution is -2.38. The van der Waals surface area contributed by atoms with Gasteiger partial charge in [-0.1, -0.05) is 49.7 Å². The Morgan fingerprint density at radius 3 is 2.48 bits per heavy atom. The topological polar surface area (TPSA) is 98.4 Å². The van der Waals surface area contributed by atoms with E-state index >= 15 is 0 Å². The normalized spacial score (nSPS) is 11.1. The monoisotopic (exact) mass is 441 g/mol. The second kappa shape index (κ2) is 9.85. The summed E-state index contributed by atoms with van der Waals surface area (Å²) in [5.74, 6) is -0.159. The molecule has 0 atom stereocenters. The predicted molar refractivity (Wildman–Crippen MR) is 125 cm³/mol. The van der Waals surface area contributed by atoms with Gasteiger partial charge in [-0.15, -0.1) is 0 Å². The lowest BCUT2D eigenvalue weighted by molar-refractivity contribution is 0.0864. The summed E-state index contributed by atoms with van der Waals surface area (Å²) >= 11 is 6.35. The quantitative estimate of drug-likeness (QED) is 0.360. The molecular weight excluding hydrogens is 414 g/mol. The van der Waals surface area contributed by atoms with Gasteiger partial charge < -0.3 is 15.5 Å². The summed E-state index contributed by atoms with van der Waals surface area (Å²) in [6.45, 7) is 7.53. The zero-order chi connectivity index (χ0) is 22.5. The molecule has 2 aromatic carbocycles. The summed E-state index contributed by atoms with van der Waals surface area (Å²) in [6, 6.07) is 13.4. The Bertz CT molecular complexity index is 1090. The molecule has 0 radical (unpaired) electrons. The van der Waals surface area contributed by atoms with Gasteiger partial charge in [-0.2, -0.15) is 0 Å². The minimum absolute atomic E-state index is 0.285. The maximum absolute atomic E-state index is 12.5. The first-order valence-corrected chi connectivity index (χ1v) is 10.6. The Hall–Kier alpha value is -3.03. The molecule has 164 valence electrons. The van der Waals surface area contributed by atoms with Crippen LogP contribution in [-0.4, -0.2) is 46.8 Å². The minimum Gasteiger partial charge on any atom is -0.487 e. The largest absolute Gasteiger partial charge is 0.487 e. The lowest BCUT2D eigenvalue weighted by Gasteiger charge is -2.20. The molecular formula is C23H28ClN5O2. The van der Waals surface area contributed by atoms with Gasteiger partial charge in [0.25, 0.3) is 5.91 Å². The van der Waals surface area contributed by atoms with Crippen molar-refractivity contribution in [3.63, 3.8) is 0 Å². The molecule has 0 unspecified atom stereocenters. The van der Waals surface area contributed by atoms with Crippen molar-refractivity contribution >= 4 is 34.4 Å². The molecule has 31 heavy (non-hydrogen) atoms. The molecule has 3 rings (SSSR count). The third kappa shape index (κ3) is 5.00. The molecule has 4 N–H and O–H groups in total. The van der Waals surface area contributed by atoms with Crippen molar-refractivity contribution in [2.75, 3.05) is 20.1 Å². The molecule has 0 aliphatic rings. The number of nitrogens with zero attached hydrogens (tertiary/aromatic N) is 2. The number of carbonyl (C=O) groups excluding carboxylic acids is 1. The van der Waals surface area contributed by atoms with Gasteiger partial charge in [0.2, 0.25) is 0 Å². The highest BCUT2D eigenvalue weighted by Crippen LogP contribution is 2.32. The molecule has 3 aromatic rings. The number of carbonyl (C=O) groups is 1. The molecule has 1 amide bonds. The fourth-order valence-electron chi connectivity index (χ4n) is 3.38. The highest BCUT2D eigenvalue weighted by molar-refractivity contribution is 6.35. The molecule has 1 heterocycles. The summed E-state index contributed by atoms with van der Waals surface area (Å²) < 4.78 is 6.15. The molecule has 0 saturated carbocycles. The summed E-state index contributed by atoms with van der Waals surface area (Å²) in [4.78, 5) is 19.0. The average molecular weight is 442 g/mol. The Kier molecular flexibility index (Phi) is 7.20. The van der Waals surface area contributed by atoms with Crippen molar-refractivity contribution in [3.05, 3.63) is 64.3 Å². The zero-order valence-corrected chi connectivity index (χ0v) is 18.8. The second-order valence-corrected chi connectivity index (χ2v) is 7.69. The first-order chi connectivity index (χ1) is 14.8. The van der Waals surface area contributed by atoms with Crippen LogP contribution in [-0.2, 0) is 13.2 Å². The maximum Gasteiger partial charge on any atom is 0.276 e. The zero-order valence-electron chi connectivity index (χ0n) is 18.0. The van der Waals surface area contributed by atoms with E-state index in [9.17, 15) is 4.79 Å². The summed E-state index contributed by atoms with van der Waals surface area (Å²) in [5, 5.41) is 8.65. The van der Waals surface area contributed by atoms with Gasteiger partial charge >= 0.3 is 0 Å². The van der Waals surface area contributed by atoms with E-state index in [0.29, 0.717) is 28.3 Å². The van der Waals surface area contributed by atoms with E-state index in [1.807, 2.05) is 12.1 Å². The van der Waals surface area contributed by atoms with Gasteiger partial charge in [0.15, 0.2) is 5.96 Å². The number of hydrogen-bond acceptors (Lipinski definition) is 4. The molecule has 0 aliphatic carbocycles. The number of H-pyrrole nitrogens is 1. The van der Waals surface area contributed by atoms with Crippen LogP contribution in [0.5, 0.6) is 5.75 Å². The van der Waals surface area contributed by atoms with Crippen molar-refractivity contribution in [2.24, 2.45) is 5.73 Å². The smallest absolute Gasteiger partial charge is 0.276 e. The molecule has 8 heteroatoms. The van der Waals surface area contributed by atoms with Crippen molar-refractivity contribution < 1.29 is 9.53 Å². The third-order valence-electron chi connectivity index (χ3n) is 5.39. The fraction of sp³-hybridized carbons (Fsp3) is 0.304. The predicted octanol–water partition coefficient (Wildman–Crippen LogP) is 4.21. The second-order valence-electron chi connectivity index (χ2n) is 7.29. The van der Waals surface area contributed by atoms with Crippen molar-refractivity contribution in [2.45, 2.75) is 27.0 Å². The van der Waals surface area contributed by atoms with Crippen LogP contribution in [0.3, 0.4) is 0 Å². The van der Waals surface area contributed by atoms with Crippen LogP contribution >= 0.6 is 11.6 Å². The number of aromatic nitrogens is 1. The molecule has 0 saturated heterocycles. The van der Waals surface area contributed by atoms with Crippen molar-refractivity contribution in [3.8, 4) is 5.75 Å². The lowest BCUT2D eigenvalue weighted by atomic mass is 10.1. The number of fused-ring (bicyclic) bond motifs is 1. The fourth-order valence-corrected chi connectivity index (χ4v) is 3.59. The van der Waals surface area contributed by atoms with Gasteiger partial charge in [-0.05, 0) is 42.4 Å². The van der Waals surface area contributed by atoms with Gasteiger partial charge in [0, 0.05) is 19.0 Å². The van der Waals surface area contributed by atoms with Crippen LogP contribution in [0.1, 0.15) is 35.5 Å². The summed E-state index contributed by atoms with van der Waals surface area (Å²) in [7, 11) is 1.45. The van der Waals surface area contributed by atoms with Crippen LogP contribution in [0, 0.1) is 5.41 Å². The number of aromatic amines is 1. The highest BCUT2D eigenvalue weighted by Gasteiger charge is 2.19. The van der Waals surface area contributed by atoms with Crippen LogP contribution in [0.15, 0.2) is 42.5 Å². The van der Waals surface area contributed by atoms with E-state index in [1.165, 1.54) is 12.6 Å². The Balaban J connectivity index is 1.87. The Morgan fingerprint density at radius 1 is 1.16 bits per heavy atom. The van der Waals surface area contributed by atoms with E-state index in [-0.39, 0.29) is 11.7 Å². The van der Waals surface area contributed by atoms with Crippen LogP contribution in [0.2, 0.25) is 5.02 Å². The first kappa shape index (κ1) is 22.7. The summed E-state index contributed by atoms with van der Waals surface area (Å²) in [6.07, 6.45) is 0. The Labute approximate surface area is 187 Å². The van der Waals surface area contributed by atoms with E-state index in [0.717, 1.165) is 30.1 Å². The first-order valence-electron chi connectivity index (χ1n) is 10.2. The van der Waals surface area contributed by atoms with Crippen LogP contribution in [0.25, 0.3) is 10.9 Å². The number of nitrogens with two attached hydrogens (primary N) is 1. The van der Waals surface area contributed by atoms with Crippen molar-refractivity contribution in [1.82, 2.24) is 14.8 Å². The molecule has 0 aliphatic heterocycles. The molecule has 7 nitrogen and oxygen atoms in total. The average Bonchev–Trinajstić information content (AvgIpc) is 3.23. The number of benzene rings is 2. The van der Waals surface area contributed by atoms with Crippen LogP contribution in [0.4, 0.5) is 0 Å². The summed E-state index contributed by atoms with van der Waals surface area (Å²) in [5.41, 5.74) is 8.68. The van der Waals surface area contributed by atoms with Gasteiger partial charge in [0.1, 0.15) is 18.1 Å². The highest BCUT2D eigenvalue weighted by atomic mass is 35.5. The maximum atomic E-state index is 12.5. The number of guanidine groups is 1. The molecule has 1 aromatic heterocycles. The number of nitrogens with one attached hydrogen (secondary N) is 2. The van der Waals surface area contributed by atoms with Gasteiger partial charge in [0.05, 0.1) is 10.5 Å². The van der Waals surface area contributed by atoms with E-state index in [4.69, 9.17) is 27.5 Å². The van der Waals surface area contributed by atoms with Gasteiger partial charge in [-0.3, -0.25) is 20.0 Å². The number of halogens is 1. The van der Waals surface area contributed by atoms with E-state index in [2.05, 4.69) is 35.9 Å². The standard InChI is InChI=1S/C23H28ClN5O2/c1-4-29(5-2)13-15-8-6-7-9-16(15)14-31-20-11-10-18(24)17-12-19(27-21(17)20)22(30)28(3)23(25)26/h6-12,27H,4-5,13-14H2,1-3H3,(H3,25,26). The van der Waals surface area contributed by atoms with Gasteiger partial charge in [-0.25, -0.2) is 0 Å². The Morgan fingerprint density at radius 2 is 1.84 bits per heavy atom. The van der Waals surface area contributed by atoms with Crippen molar-refractivity contribution in [1.29, 1.82) is 5.41 Å². The molecule has 0 spiro atoms. The number of hydrogen-bond donors (Lipinski definition) is 3. The molecule has 0 fully saturated rings. The number of rotatable bonds is 8. The SMILES string of the molecule is CCN(CC)Cc1ccccc1COc1ccc(Cl)c2cc(C(=O)N(C)C(=N)N)[nH]c12. The van der Waals surface area contributed by atoms with Crippen LogP contribution < -0.4 is 10.5 Å². The number of amides is 1. The minimum atomic E-state index is -0.421. The number of ether oxygens (including phenoxy) is 1. The third-order valence-corrected chi connectivity index (χ3v) is 5.72.